The van der Waals surface area contributed by atoms with E-state index in [0.717, 1.165) is 12.3 Å². The van der Waals surface area contributed by atoms with Gasteiger partial charge in [-0.05, 0) is 48.5 Å². The van der Waals surface area contributed by atoms with Crippen molar-refractivity contribution in [2.24, 2.45) is 0 Å². The minimum atomic E-state index is -3.19. The van der Waals surface area contributed by atoms with Crippen molar-refractivity contribution < 1.29 is 41.0 Å². The lowest BCUT2D eigenvalue weighted by molar-refractivity contribution is -0.168. The molecule has 0 spiro atoms. The summed E-state index contributed by atoms with van der Waals surface area (Å²) in [7, 11) is 0.653. The van der Waals surface area contributed by atoms with E-state index in [9.17, 15) is 22.8 Å². The van der Waals surface area contributed by atoms with Crippen molar-refractivity contribution in [2.75, 3.05) is 20.8 Å². The molecule has 204 valence electrons. The Morgan fingerprint density at radius 3 is 1.97 bits per heavy atom. The van der Waals surface area contributed by atoms with Gasteiger partial charge >= 0.3 is 14.3 Å². The van der Waals surface area contributed by atoms with Crippen molar-refractivity contribution in [2.45, 2.75) is 30.8 Å². The number of nitrogens with one attached hydrogen (secondary N) is 1. The maximum Gasteiger partial charge on any atom is 0.463 e. The molecule has 10 nitrogen and oxygen atoms in total. The molecule has 0 radical (unpaired) electrons. The minimum absolute atomic E-state index is 0.296. The molecule has 2 aromatic carbocycles. The SMILES string of the molecule is COc1ccc(OP(OCC2(C(F)F)CC(F)C(n3ccc(=O)[nH]c3=O)O2)Oc2ccc(OC)cc2)cc1. The number of alkyl halides is 3. The Morgan fingerprint density at radius 1 is 0.974 bits per heavy atom. The number of hydrogen-bond donors (Lipinski definition) is 1. The molecular weight excluding hydrogens is 532 g/mol. The summed E-state index contributed by atoms with van der Waals surface area (Å²) < 4.78 is 77.0. The van der Waals surface area contributed by atoms with E-state index in [2.05, 4.69) is 0 Å². The van der Waals surface area contributed by atoms with Gasteiger partial charge in [-0.2, -0.15) is 0 Å². The molecule has 4 rings (SSSR count). The molecule has 0 bridgehead atoms. The minimum Gasteiger partial charge on any atom is -0.497 e. The highest BCUT2D eigenvalue weighted by atomic mass is 31.2. The maximum absolute atomic E-state index is 14.9. The Hall–Kier alpha value is -3.54. The summed E-state index contributed by atoms with van der Waals surface area (Å²) in [6.07, 6.45) is -6.69. The van der Waals surface area contributed by atoms with Gasteiger partial charge in [-0.1, -0.05) is 0 Å². The molecule has 0 saturated carbocycles. The van der Waals surface area contributed by atoms with Gasteiger partial charge in [-0.25, -0.2) is 18.0 Å². The average Bonchev–Trinajstić information content (AvgIpc) is 3.25. The molecule has 1 aliphatic heterocycles. The number of rotatable bonds is 11. The van der Waals surface area contributed by atoms with E-state index in [-0.39, 0.29) is 0 Å². The quantitative estimate of drug-likeness (QED) is 0.350. The molecular formula is C24H24F3N2O8P. The second-order valence-corrected chi connectivity index (χ2v) is 9.21. The third-order valence-corrected chi connectivity index (χ3v) is 6.68. The van der Waals surface area contributed by atoms with Crippen LogP contribution in [0.3, 0.4) is 0 Å². The van der Waals surface area contributed by atoms with Gasteiger partial charge in [-0.15, -0.1) is 0 Å². The third-order valence-electron chi connectivity index (χ3n) is 5.62. The van der Waals surface area contributed by atoms with Crippen molar-refractivity contribution in [3.05, 3.63) is 81.6 Å². The van der Waals surface area contributed by atoms with Crippen LogP contribution < -0.4 is 29.8 Å². The molecule has 3 unspecified atom stereocenters. The molecule has 2 heterocycles. The number of ether oxygens (including phenoxy) is 3. The van der Waals surface area contributed by atoms with Gasteiger partial charge in [0, 0.05) is 18.7 Å². The van der Waals surface area contributed by atoms with Gasteiger partial charge in [-0.3, -0.25) is 18.9 Å². The molecule has 1 aliphatic rings. The van der Waals surface area contributed by atoms with Gasteiger partial charge in [0.05, 0.1) is 20.8 Å². The highest BCUT2D eigenvalue weighted by molar-refractivity contribution is 7.42. The topological polar surface area (TPSA) is 110 Å². The molecule has 1 saturated heterocycles. The lowest BCUT2D eigenvalue weighted by atomic mass is 10.0. The van der Waals surface area contributed by atoms with Crippen LogP contribution in [0.2, 0.25) is 0 Å². The number of nitrogens with zero attached hydrogens (tertiary/aromatic N) is 1. The Bertz CT molecular complexity index is 1270. The van der Waals surface area contributed by atoms with Gasteiger partial charge < -0.3 is 23.3 Å². The summed E-state index contributed by atoms with van der Waals surface area (Å²) in [6.45, 7) is -0.822. The molecule has 1 fully saturated rings. The van der Waals surface area contributed by atoms with E-state index in [4.69, 9.17) is 27.8 Å². The Kier molecular flexibility index (Phi) is 8.60. The van der Waals surface area contributed by atoms with E-state index >= 15 is 0 Å². The number of halogens is 3. The first kappa shape index (κ1) is 27.5. The van der Waals surface area contributed by atoms with E-state index < -0.39 is 57.3 Å². The van der Waals surface area contributed by atoms with Crippen LogP contribution in [0.15, 0.2) is 70.4 Å². The molecule has 1 N–H and O–H groups in total. The second kappa shape index (κ2) is 11.9. The molecule has 1 aromatic heterocycles. The normalized spacial score (nSPS) is 21.0. The second-order valence-electron chi connectivity index (χ2n) is 8.14. The summed E-state index contributed by atoms with van der Waals surface area (Å²) in [5.74, 6) is 1.72. The summed E-state index contributed by atoms with van der Waals surface area (Å²) in [4.78, 5) is 25.4. The highest BCUT2D eigenvalue weighted by Gasteiger charge is 2.55. The van der Waals surface area contributed by atoms with Crippen LogP contribution in [-0.2, 0) is 9.26 Å². The number of benzene rings is 2. The zero-order valence-electron chi connectivity index (χ0n) is 20.2. The van der Waals surface area contributed by atoms with Crippen LogP contribution in [0.5, 0.6) is 23.0 Å². The number of H-pyrrole nitrogens is 1. The predicted molar refractivity (Wildman–Crippen MR) is 130 cm³/mol. The first-order valence-corrected chi connectivity index (χ1v) is 12.3. The molecule has 0 aliphatic carbocycles. The van der Waals surface area contributed by atoms with E-state index in [1.54, 1.807) is 48.5 Å². The first-order chi connectivity index (χ1) is 18.2. The van der Waals surface area contributed by atoms with Crippen LogP contribution >= 0.6 is 8.60 Å². The van der Waals surface area contributed by atoms with Gasteiger partial charge in [0.2, 0.25) is 0 Å². The standard InChI is InChI=1S/C24H24F3N2O8P/c1-32-15-3-7-17(8-4-15)36-38(37-18-9-5-16(33-2)6-10-18)34-14-24(22(26)27)13-19(25)21(35-24)29-12-11-20(30)28-23(29)31/h3-12,19,21-22H,13-14H2,1-2H3,(H,28,30,31). The van der Waals surface area contributed by atoms with Gasteiger partial charge in [0.15, 0.2) is 11.8 Å². The van der Waals surface area contributed by atoms with Crippen molar-refractivity contribution in [3.63, 3.8) is 0 Å². The van der Waals surface area contributed by atoms with Crippen LogP contribution in [0.4, 0.5) is 13.2 Å². The average molecular weight is 556 g/mol. The summed E-state index contributed by atoms with van der Waals surface area (Å²) >= 11 is 0. The maximum atomic E-state index is 14.9. The highest BCUT2D eigenvalue weighted by Crippen LogP contribution is 2.47. The van der Waals surface area contributed by atoms with Crippen molar-refractivity contribution in [3.8, 4) is 23.0 Å². The zero-order chi connectivity index (χ0) is 27.3. The smallest absolute Gasteiger partial charge is 0.463 e. The molecule has 0 amide bonds. The van der Waals surface area contributed by atoms with Crippen molar-refractivity contribution >= 4 is 8.60 Å². The van der Waals surface area contributed by atoms with E-state index in [0.29, 0.717) is 27.6 Å². The molecule has 38 heavy (non-hydrogen) atoms. The summed E-state index contributed by atoms with van der Waals surface area (Å²) in [5, 5.41) is 0. The fourth-order valence-electron chi connectivity index (χ4n) is 3.63. The zero-order valence-corrected chi connectivity index (χ0v) is 21.1. The van der Waals surface area contributed by atoms with Crippen molar-refractivity contribution in [1.82, 2.24) is 9.55 Å². The predicted octanol–water partition coefficient (Wildman–Crippen LogP) is 4.22. The lowest BCUT2D eigenvalue weighted by Crippen LogP contribution is -2.42. The monoisotopic (exact) mass is 556 g/mol. The van der Waals surface area contributed by atoms with Crippen LogP contribution in [-0.4, -0.2) is 48.6 Å². The van der Waals surface area contributed by atoms with Crippen molar-refractivity contribution in [1.29, 1.82) is 0 Å². The molecule has 14 heteroatoms. The Morgan fingerprint density at radius 2 is 1.50 bits per heavy atom. The Labute approximate surface area is 215 Å². The third kappa shape index (κ3) is 6.29. The Balaban J connectivity index is 1.54. The number of hydrogen-bond acceptors (Lipinski definition) is 8. The van der Waals surface area contributed by atoms with Crippen LogP contribution in [0.1, 0.15) is 12.6 Å². The fourth-order valence-corrected chi connectivity index (χ4v) is 4.68. The summed E-state index contributed by atoms with van der Waals surface area (Å²) in [6, 6.07) is 13.7. The first-order valence-electron chi connectivity index (χ1n) is 11.2. The van der Waals surface area contributed by atoms with Crippen LogP contribution in [0.25, 0.3) is 0 Å². The number of methoxy groups -OCH3 is 2. The lowest BCUT2D eigenvalue weighted by Gasteiger charge is -2.29. The molecule has 3 aromatic rings. The van der Waals surface area contributed by atoms with E-state index in [1.807, 2.05) is 4.98 Å². The fraction of sp³-hybridized carbons (Fsp3) is 0.333. The largest absolute Gasteiger partial charge is 0.497 e. The van der Waals surface area contributed by atoms with Crippen LogP contribution in [0, 0.1) is 0 Å². The number of aromatic nitrogens is 2. The van der Waals surface area contributed by atoms with E-state index in [1.165, 1.54) is 14.2 Å². The van der Waals surface area contributed by atoms with Gasteiger partial charge in [0.25, 0.3) is 12.0 Å². The van der Waals surface area contributed by atoms with Gasteiger partial charge in [0.1, 0.15) is 29.2 Å². The number of aromatic amines is 1. The molecule has 3 atom stereocenters. The summed E-state index contributed by atoms with van der Waals surface area (Å²) in [5.41, 5.74) is -4.14.